The second kappa shape index (κ2) is 5.81. The minimum atomic E-state index is -0.601. The smallest absolute Gasteiger partial charge is 0.235 e. The van der Waals surface area contributed by atoms with Crippen LogP contribution in [0.25, 0.3) is 21.8 Å². The van der Waals surface area contributed by atoms with Gasteiger partial charge in [-0.15, -0.1) is 0 Å². The van der Waals surface area contributed by atoms with Gasteiger partial charge >= 0.3 is 0 Å². The van der Waals surface area contributed by atoms with Gasteiger partial charge in [-0.25, -0.2) is 0 Å². The molecular weight excluding hydrogens is 366 g/mol. The SMILES string of the molecule is O=C1NC(=O)[C@@H](c2cn3c4c(cccc24)[C@@H](O)CC3)[C@@H]1c1c[nH]c2ccccc12. The molecule has 3 N–H and O–H groups in total. The summed E-state index contributed by atoms with van der Waals surface area (Å²) in [6.07, 6.45) is 3.97. The molecule has 6 nitrogen and oxygen atoms in total. The van der Waals surface area contributed by atoms with Crippen LogP contribution in [0.5, 0.6) is 0 Å². The average molecular weight is 385 g/mol. The lowest BCUT2D eigenvalue weighted by Crippen LogP contribution is -2.21. The van der Waals surface area contributed by atoms with E-state index in [4.69, 9.17) is 0 Å². The molecule has 0 saturated carbocycles. The van der Waals surface area contributed by atoms with Crippen LogP contribution in [-0.2, 0) is 16.1 Å². The van der Waals surface area contributed by atoms with Crippen molar-refractivity contribution in [2.45, 2.75) is 30.9 Å². The maximum Gasteiger partial charge on any atom is 0.235 e. The fourth-order valence-electron chi connectivity index (χ4n) is 5.10. The number of aryl methyl sites for hydroxylation is 1. The number of aliphatic hydroxyl groups is 1. The Labute approximate surface area is 166 Å². The zero-order valence-corrected chi connectivity index (χ0v) is 15.6. The van der Waals surface area contributed by atoms with Crippen molar-refractivity contribution in [3.05, 3.63) is 71.5 Å². The quantitative estimate of drug-likeness (QED) is 0.464. The zero-order chi connectivity index (χ0) is 19.7. The van der Waals surface area contributed by atoms with E-state index in [-0.39, 0.29) is 11.8 Å². The predicted octanol–water partition coefficient (Wildman–Crippen LogP) is 3.08. The molecule has 2 aromatic heterocycles. The van der Waals surface area contributed by atoms with Gasteiger partial charge in [-0.05, 0) is 23.6 Å². The van der Waals surface area contributed by atoms with Crippen LogP contribution in [0.4, 0.5) is 0 Å². The molecule has 1 saturated heterocycles. The van der Waals surface area contributed by atoms with Gasteiger partial charge in [-0.2, -0.15) is 0 Å². The van der Waals surface area contributed by atoms with E-state index in [1.165, 1.54) is 0 Å². The lowest BCUT2D eigenvalue weighted by Gasteiger charge is -2.20. The minimum absolute atomic E-state index is 0.267. The number of nitrogens with zero attached hydrogens (tertiary/aromatic N) is 1. The zero-order valence-electron chi connectivity index (χ0n) is 15.6. The van der Waals surface area contributed by atoms with Crippen LogP contribution in [0.15, 0.2) is 54.9 Å². The number of nitrogens with one attached hydrogen (secondary N) is 2. The molecule has 2 aromatic carbocycles. The van der Waals surface area contributed by atoms with E-state index in [1.807, 2.05) is 54.9 Å². The number of hydrogen-bond donors (Lipinski definition) is 3. The number of H-pyrrole nitrogens is 1. The Morgan fingerprint density at radius 3 is 2.52 bits per heavy atom. The Bertz CT molecular complexity index is 1320. The fraction of sp³-hybridized carbons (Fsp3) is 0.217. The van der Waals surface area contributed by atoms with E-state index in [9.17, 15) is 14.7 Å². The van der Waals surface area contributed by atoms with E-state index in [1.54, 1.807) is 0 Å². The van der Waals surface area contributed by atoms with E-state index >= 15 is 0 Å². The Kier molecular flexibility index (Phi) is 3.32. The molecule has 144 valence electrons. The first kappa shape index (κ1) is 16.6. The molecule has 3 atom stereocenters. The molecule has 0 spiro atoms. The number of aromatic amines is 1. The summed E-state index contributed by atoms with van der Waals surface area (Å²) in [6, 6.07) is 13.6. The van der Waals surface area contributed by atoms with Gasteiger partial charge in [0.15, 0.2) is 0 Å². The first-order chi connectivity index (χ1) is 14.1. The maximum absolute atomic E-state index is 12.9. The van der Waals surface area contributed by atoms with Crippen molar-refractivity contribution in [3.63, 3.8) is 0 Å². The highest BCUT2D eigenvalue weighted by Crippen LogP contribution is 2.45. The van der Waals surface area contributed by atoms with Crippen molar-refractivity contribution < 1.29 is 14.7 Å². The second-order valence-corrected chi connectivity index (χ2v) is 7.92. The van der Waals surface area contributed by atoms with Gasteiger partial charge in [-0.3, -0.25) is 14.9 Å². The van der Waals surface area contributed by atoms with Crippen LogP contribution < -0.4 is 5.32 Å². The lowest BCUT2D eigenvalue weighted by molar-refractivity contribution is -0.125. The van der Waals surface area contributed by atoms with Crippen molar-refractivity contribution in [2.24, 2.45) is 0 Å². The minimum Gasteiger partial charge on any atom is -0.388 e. The highest BCUT2D eigenvalue weighted by atomic mass is 16.3. The largest absolute Gasteiger partial charge is 0.388 e. The topological polar surface area (TPSA) is 87.1 Å². The van der Waals surface area contributed by atoms with Gasteiger partial charge in [-0.1, -0.05) is 36.4 Å². The Morgan fingerprint density at radius 2 is 1.66 bits per heavy atom. The normalized spacial score (nSPS) is 23.8. The first-order valence-corrected chi connectivity index (χ1v) is 9.84. The molecule has 2 aliphatic rings. The van der Waals surface area contributed by atoms with Crippen LogP contribution in [0.3, 0.4) is 0 Å². The lowest BCUT2D eigenvalue weighted by atomic mass is 9.82. The highest BCUT2D eigenvalue weighted by Gasteiger charge is 2.46. The molecule has 0 bridgehead atoms. The molecule has 4 heterocycles. The number of carbonyl (C=O) groups excluding carboxylic acids is 2. The number of fused-ring (bicyclic) bond motifs is 1. The summed E-state index contributed by atoms with van der Waals surface area (Å²) in [5.74, 6) is -1.73. The number of hydrogen-bond acceptors (Lipinski definition) is 3. The molecule has 0 radical (unpaired) electrons. The number of aliphatic hydroxyl groups excluding tert-OH is 1. The summed E-state index contributed by atoms with van der Waals surface area (Å²) in [6.45, 7) is 0.689. The number of rotatable bonds is 2. The monoisotopic (exact) mass is 385 g/mol. The van der Waals surface area contributed by atoms with Crippen molar-refractivity contribution in [1.29, 1.82) is 0 Å². The predicted molar refractivity (Wildman–Crippen MR) is 108 cm³/mol. The molecule has 0 aliphatic carbocycles. The standard InChI is InChI=1S/C23H19N3O3/c27-18-8-9-26-11-16(13-5-3-6-14(18)21(13)26)20-19(22(28)25-23(20)29)15-10-24-17-7-2-1-4-12(15)17/h1-7,10-11,18-20,24,27H,8-9H2,(H,25,28,29)/t18-,19-,20-/m0/s1. The van der Waals surface area contributed by atoms with E-state index < -0.39 is 17.9 Å². The summed E-state index contributed by atoms with van der Waals surface area (Å²) >= 11 is 0. The molecule has 6 heteroatoms. The summed E-state index contributed by atoms with van der Waals surface area (Å²) < 4.78 is 2.11. The summed E-state index contributed by atoms with van der Waals surface area (Å²) in [7, 11) is 0. The third-order valence-corrected chi connectivity index (χ3v) is 6.40. The van der Waals surface area contributed by atoms with Crippen molar-refractivity contribution in [2.75, 3.05) is 0 Å². The Hall–Kier alpha value is -3.38. The molecule has 1 fully saturated rings. The van der Waals surface area contributed by atoms with Crippen LogP contribution in [0.2, 0.25) is 0 Å². The van der Waals surface area contributed by atoms with Crippen LogP contribution in [0, 0.1) is 0 Å². The van der Waals surface area contributed by atoms with Crippen molar-refractivity contribution >= 4 is 33.6 Å². The number of carbonyl (C=O) groups is 2. The van der Waals surface area contributed by atoms with Crippen molar-refractivity contribution in [1.82, 2.24) is 14.9 Å². The van der Waals surface area contributed by atoms with Gasteiger partial charge in [0.05, 0.1) is 23.5 Å². The fourth-order valence-corrected chi connectivity index (χ4v) is 5.10. The van der Waals surface area contributed by atoms with Crippen LogP contribution in [0.1, 0.15) is 41.1 Å². The molecule has 2 aliphatic heterocycles. The van der Waals surface area contributed by atoms with Gasteiger partial charge < -0.3 is 14.7 Å². The number of benzene rings is 2. The van der Waals surface area contributed by atoms with Crippen LogP contribution >= 0.6 is 0 Å². The van der Waals surface area contributed by atoms with Gasteiger partial charge in [0.25, 0.3) is 0 Å². The molecule has 0 unspecified atom stereocenters. The molecule has 2 amide bonds. The Balaban J connectivity index is 1.58. The maximum atomic E-state index is 12.9. The molecule has 6 rings (SSSR count). The molecule has 29 heavy (non-hydrogen) atoms. The average Bonchev–Trinajstić information content (AvgIpc) is 3.38. The second-order valence-electron chi connectivity index (χ2n) is 7.92. The molecule has 4 aromatic rings. The van der Waals surface area contributed by atoms with Gasteiger partial charge in [0, 0.05) is 40.8 Å². The van der Waals surface area contributed by atoms with E-state index in [0.29, 0.717) is 13.0 Å². The summed E-state index contributed by atoms with van der Waals surface area (Å²) in [5.41, 5.74) is 4.47. The summed E-state index contributed by atoms with van der Waals surface area (Å²) in [4.78, 5) is 29.0. The molecular formula is C23H19N3O3. The van der Waals surface area contributed by atoms with Gasteiger partial charge in [0.1, 0.15) is 0 Å². The number of aromatic nitrogens is 2. The third kappa shape index (κ3) is 2.20. The van der Waals surface area contributed by atoms with Crippen molar-refractivity contribution in [3.8, 4) is 0 Å². The summed E-state index contributed by atoms with van der Waals surface area (Å²) in [5, 5.41) is 14.8. The van der Waals surface area contributed by atoms with Crippen LogP contribution in [-0.4, -0.2) is 26.5 Å². The van der Waals surface area contributed by atoms with E-state index in [2.05, 4.69) is 14.9 Å². The number of para-hydroxylation sites is 2. The highest BCUT2D eigenvalue weighted by molar-refractivity contribution is 6.13. The number of amides is 2. The Morgan fingerprint density at radius 1 is 0.897 bits per heavy atom. The van der Waals surface area contributed by atoms with E-state index in [0.717, 1.165) is 38.5 Å². The third-order valence-electron chi connectivity index (χ3n) is 6.40. The first-order valence-electron chi connectivity index (χ1n) is 9.84. The number of imide groups is 1. The van der Waals surface area contributed by atoms with Gasteiger partial charge in [0.2, 0.25) is 11.8 Å².